The van der Waals surface area contributed by atoms with Crippen LogP contribution in [0.3, 0.4) is 0 Å². The van der Waals surface area contributed by atoms with Crippen molar-refractivity contribution >= 4 is 15.7 Å². The average molecular weight is 347 g/mol. The molecule has 0 atom stereocenters. The van der Waals surface area contributed by atoms with Gasteiger partial charge in [-0.15, -0.1) is 10.2 Å². The summed E-state index contributed by atoms with van der Waals surface area (Å²) in [6, 6.07) is 9.94. The number of aryl methyl sites for hydroxylation is 1. The molecule has 2 aromatic heterocycles. The Morgan fingerprint density at radius 2 is 1.79 bits per heavy atom. The minimum atomic E-state index is -3.84. The van der Waals surface area contributed by atoms with Gasteiger partial charge < -0.3 is 8.83 Å². The molecule has 0 radical (unpaired) electrons. The van der Waals surface area contributed by atoms with Crippen molar-refractivity contribution in [3.63, 3.8) is 0 Å². The maximum Gasteiger partial charge on any atom is 0.295 e. The molecule has 2 heterocycles. The van der Waals surface area contributed by atoms with Crippen LogP contribution in [0.1, 0.15) is 31.2 Å². The van der Waals surface area contributed by atoms with Gasteiger partial charge >= 0.3 is 0 Å². The molecule has 0 aliphatic carbocycles. The highest BCUT2D eigenvalue weighted by Gasteiger charge is 2.22. The fourth-order valence-corrected chi connectivity index (χ4v) is 3.10. The van der Waals surface area contributed by atoms with Gasteiger partial charge in [-0.25, -0.2) is 0 Å². The number of para-hydroxylation sites is 1. The van der Waals surface area contributed by atoms with Crippen molar-refractivity contribution < 1.29 is 17.3 Å². The molecule has 1 aromatic carbocycles. The largest absolute Gasteiger partial charge is 0.438 e. The summed E-state index contributed by atoms with van der Waals surface area (Å²) in [7, 11) is -3.84. The zero-order chi connectivity index (χ0) is 17.3. The molecule has 0 saturated carbocycles. The van der Waals surface area contributed by atoms with E-state index in [2.05, 4.69) is 14.9 Å². The van der Waals surface area contributed by atoms with Gasteiger partial charge in [0.2, 0.25) is 11.0 Å². The van der Waals surface area contributed by atoms with Gasteiger partial charge in [-0.2, -0.15) is 8.42 Å². The van der Waals surface area contributed by atoms with Crippen molar-refractivity contribution in [2.45, 2.75) is 31.8 Å². The molecule has 0 fully saturated rings. The lowest BCUT2D eigenvalue weighted by molar-refractivity contribution is 0.429. The van der Waals surface area contributed by atoms with Crippen molar-refractivity contribution in [2.24, 2.45) is 0 Å². The van der Waals surface area contributed by atoms with Gasteiger partial charge in [0.1, 0.15) is 0 Å². The summed E-state index contributed by atoms with van der Waals surface area (Å²) < 4.78 is 38.2. The Labute approximate surface area is 139 Å². The van der Waals surface area contributed by atoms with Gasteiger partial charge in [0.25, 0.3) is 15.9 Å². The van der Waals surface area contributed by atoms with Gasteiger partial charge in [0.05, 0.1) is 5.69 Å². The second-order valence-corrected chi connectivity index (χ2v) is 7.25. The fourth-order valence-electron chi connectivity index (χ4n) is 2.03. The van der Waals surface area contributed by atoms with E-state index in [9.17, 15) is 8.42 Å². The van der Waals surface area contributed by atoms with Crippen LogP contribution in [-0.4, -0.2) is 18.6 Å². The van der Waals surface area contributed by atoms with E-state index in [0.29, 0.717) is 11.6 Å². The van der Waals surface area contributed by atoms with Crippen LogP contribution in [0, 0.1) is 6.92 Å². The van der Waals surface area contributed by atoms with Crippen molar-refractivity contribution in [3.8, 4) is 11.7 Å². The third-order valence-corrected chi connectivity index (χ3v) is 4.62. The summed E-state index contributed by atoms with van der Waals surface area (Å²) in [5.74, 6) is 0.895. The van der Waals surface area contributed by atoms with E-state index in [4.69, 9.17) is 8.83 Å². The number of benzene rings is 1. The first-order valence-electron chi connectivity index (χ1n) is 7.39. The van der Waals surface area contributed by atoms with Crippen LogP contribution < -0.4 is 4.72 Å². The van der Waals surface area contributed by atoms with Crippen molar-refractivity contribution in [2.75, 3.05) is 4.72 Å². The van der Waals surface area contributed by atoms with Crippen LogP contribution in [0.5, 0.6) is 0 Å². The van der Waals surface area contributed by atoms with E-state index >= 15 is 0 Å². The zero-order valence-electron chi connectivity index (χ0n) is 13.5. The van der Waals surface area contributed by atoms with Crippen LogP contribution in [0.2, 0.25) is 0 Å². The quantitative estimate of drug-likeness (QED) is 0.758. The first kappa shape index (κ1) is 16.3. The SMILES string of the molecule is Cc1ccccc1NS(=O)(=O)c1ccc(-c2nnc(C(C)C)o2)o1. The molecular formula is C16H17N3O4S. The minimum Gasteiger partial charge on any atom is -0.438 e. The van der Waals surface area contributed by atoms with E-state index in [1.165, 1.54) is 12.1 Å². The normalized spacial score (nSPS) is 11.8. The lowest BCUT2D eigenvalue weighted by Crippen LogP contribution is -2.12. The molecule has 0 amide bonds. The lowest BCUT2D eigenvalue weighted by Gasteiger charge is -2.08. The number of rotatable bonds is 5. The van der Waals surface area contributed by atoms with Crippen molar-refractivity contribution in [3.05, 3.63) is 47.9 Å². The maximum absolute atomic E-state index is 12.4. The van der Waals surface area contributed by atoms with Gasteiger partial charge in [-0.1, -0.05) is 32.0 Å². The second kappa shape index (κ2) is 6.12. The first-order chi connectivity index (χ1) is 11.4. The predicted molar refractivity (Wildman–Crippen MR) is 88.1 cm³/mol. The summed E-state index contributed by atoms with van der Waals surface area (Å²) >= 11 is 0. The Kier molecular flexibility index (Phi) is 4.15. The molecule has 7 nitrogen and oxygen atoms in total. The topological polar surface area (TPSA) is 98.2 Å². The van der Waals surface area contributed by atoms with Gasteiger partial charge in [-0.3, -0.25) is 4.72 Å². The number of sulfonamides is 1. The van der Waals surface area contributed by atoms with Gasteiger partial charge in [-0.05, 0) is 30.7 Å². The summed E-state index contributed by atoms with van der Waals surface area (Å²) in [6.07, 6.45) is 0. The Morgan fingerprint density at radius 3 is 2.46 bits per heavy atom. The number of aromatic nitrogens is 2. The second-order valence-electron chi connectivity index (χ2n) is 5.64. The third kappa shape index (κ3) is 3.18. The Balaban J connectivity index is 1.87. The van der Waals surface area contributed by atoms with Gasteiger partial charge in [0.15, 0.2) is 5.76 Å². The minimum absolute atomic E-state index is 0.0761. The highest BCUT2D eigenvalue weighted by Crippen LogP contribution is 2.27. The Hall–Kier alpha value is -2.61. The molecule has 0 aliphatic heterocycles. The Morgan fingerprint density at radius 1 is 1.04 bits per heavy atom. The number of hydrogen-bond donors (Lipinski definition) is 1. The maximum atomic E-state index is 12.4. The standard InChI is InChI=1S/C16H17N3O4S/c1-10(2)15-17-18-16(23-15)13-8-9-14(22-13)24(20,21)19-12-7-5-4-6-11(12)3/h4-10,19H,1-3H3. The average Bonchev–Trinajstić information content (AvgIpc) is 3.18. The summed E-state index contributed by atoms with van der Waals surface area (Å²) in [6.45, 7) is 5.65. The number of furan rings is 1. The first-order valence-corrected chi connectivity index (χ1v) is 8.87. The molecule has 3 rings (SSSR count). The molecule has 0 unspecified atom stereocenters. The van der Waals surface area contributed by atoms with Crippen LogP contribution in [-0.2, 0) is 10.0 Å². The molecule has 0 bridgehead atoms. The zero-order valence-corrected chi connectivity index (χ0v) is 14.3. The number of nitrogens with one attached hydrogen (secondary N) is 1. The summed E-state index contributed by atoms with van der Waals surface area (Å²) in [5.41, 5.74) is 1.31. The number of nitrogens with zero attached hydrogens (tertiary/aromatic N) is 2. The van der Waals surface area contributed by atoms with E-state index in [1.807, 2.05) is 32.9 Å². The number of hydrogen-bond acceptors (Lipinski definition) is 6. The lowest BCUT2D eigenvalue weighted by atomic mass is 10.2. The monoisotopic (exact) mass is 347 g/mol. The summed E-state index contributed by atoms with van der Waals surface area (Å²) in [5, 5.41) is 7.56. The Bertz CT molecular complexity index is 957. The fraction of sp³-hybridized carbons (Fsp3) is 0.250. The van der Waals surface area contributed by atoms with Gasteiger partial charge in [0, 0.05) is 5.92 Å². The molecule has 0 saturated heterocycles. The van der Waals surface area contributed by atoms with Crippen LogP contribution in [0.4, 0.5) is 5.69 Å². The van der Waals surface area contributed by atoms with Crippen molar-refractivity contribution in [1.29, 1.82) is 0 Å². The molecule has 24 heavy (non-hydrogen) atoms. The summed E-state index contributed by atoms with van der Waals surface area (Å²) in [4.78, 5) is 0. The van der Waals surface area contributed by atoms with E-state index < -0.39 is 10.0 Å². The molecule has 8 heteroatoms. The molecule has 0 aliphatic rings. The molecule has 0 spiro atoms. The van der Waals surface area contributed by atoms with Crippen LogP contribution in [0.15, 0.2) is 50.3 Å². The smallest absolute Gasteiger partial charge is 0.295 e. The van der Waals surface area contributed by atoms with E-state index in [-0.39, 0.29) is 22.7 Å². The molecular weight excluding hydrogens is 330 g/mol. The highest BCUT2D eigenvalue weighted by atomic mass is 32.2. The molecule has 3 aromatic rings. The van der Waals surface area contributed by atoms with Crippen LogP contribution in [0.25, 0.3) is 11.7 Å². The van der Waals surface area contributed by atoms with Crippen LogP contribution >= 0.6 is 0 Å². The van der Waals surface area contributed by atoms with E-state index in [1.54, 1.807) is 12.1 Å². The van der Waals surface area contributed by atoms with Crippen molar-refractivity contribution in [1.82, 2.24) is 10.2 Å². The highest BCUT2D eigenvalue weighted by molar-refractivity contribution is 7.92. The van der Waals surface area contributed by atoms with E-state index in [0.717, 1.165) is 5.56 Å². The third-order valence-electron chi connectivity index (χ3n) is 3.38. The number of anilines is 1. The molecule has 1 N–H and O–H groups in total. The molecule has 126 valence electrons. The predicted octanol–water partition coefficient (Wildman–Crippen LogP) is 3.56.